The number of carbonyl (C=O) groups is 4. The van der Waals surface area contributed by atoms with Crippen LogP contribution in [0, 0.1) is 46.3 Å². The number of rotatable bonds is 6. The zero-order valence-electron chi connectivity index (χ0n) is 21.9. The van der Waals surface area contributed by atoms with E-state index in [1.54, 1.807) is 0 Å². The number of carboxylic acid groups (broad SMARTS) is 1. The molecule has 35 heavy (non-hydrogen) atoms. The summed E-state index contributed by atoms with van der Waals surface area (Å²) >= 11 is 0. The fraction of sp³-hybridized carbons (Fsp3) is 0.857. The molecular formula is C28H42O7. The Labute approximate surface area is 208 Å². The van der Waals surface area contributed by atoms with Crippen LogP contribution in [0.1, 0.15) is 92.4 Å². The summed E-state index contributed by atoms with van der Waals surface area (Å²) in [6, 6.07) is 0. The van der Waals surface area contributed by atoms with E-state index < -0.39 is 5.97 Å². The van der Waals surface area contributed by atoms with Gasteiger partial charge in [0, 0.05) is 38.0 Å². The van der Waals surface area contributed by atoms with E-state index >= 15 is 0 Å². The molecule has 7 heteroatoms. The Hall–Kier alpha value is -1.92. The average Bonchev–Trinajstić information content (AvgIpc) is 3.11. The van der Waals surface area contributed by atoms with Gasteiger partial charge in [-0.1, -0.05) is 20.8 Å². The maximum atomic E-state index is 13.8. The van der Waals surface area contributed by atoms with Gasteiger partial charge in [-0.25, -0.2) is 0 Å². The molecule has 0 spiro atoms. The predicted molar refractivity (Wildman–Crippen MR) is 128 cm³/mol. The summed E-state index contributed by atoms with van der Waals surface area (Å²) < 4.78 is 11.6. The summed E-state index contributed by atoms with van der Waals surface area (Å²) in [5.74, 6) is -0.233. The molecule has 4 rings (SSSR count). The Bertz CT molecular complexity index is 883. The lowest BCUT2D eigenvalue weighted by molar-refractivity contribution is -0.197. The normalized spacial score (nSPS) is 43.3. The van der Waals surface area contributed by atoms with E-state index in [1.165, 1.54) is 13.8 Å². The maximum Gasteiger partial charge on any atom is 0.303 e. The molecule has 4 aliphatic rings. The smallest absolute Gasteiger partial charge is 0.303 e. The number of carboxylic acids is 1. The van der Waals surface area contributed by atoms with Gasteiger partial charge >= 0.3 is 17.9 Å². The van der Waals surface area contributed by atoms with Crippen molar-refractivity contribution in [2.75, 3.05) is 0 Å². The highest BCUT2D eigenvalue weighted by Crippen LogP contribution is 2.68. The van der Waals surface area contributed by atoms with Gasteiger partial charge in [0.15, 0.2) is 0 Å². The molecule has 3 unspecified atom stereocenters. The Morgan fingerprint density at radius 1 is 1.03 bits per heavy atom. The van der Waals surface area contributed by atoms with Gasteiger partial charge in [0.2, 0.25) is 0 Å². The number of Topliss-reactive ketones (excluding diaryl/α,β-unsaturated/α-hetero) is 1. The molecule has 10 atom stereocenters. The highest BCUT2D eigenvalue weighted by Gasteiger charge is 2.67. The van der Waals surface area contributed by atoms with Crippen molar-refractivity contribution in [2.45, 2.75) is 105 Å². The summed E-state index contributed by atoms with van der Waals surface area (Å²) in [6.07, 6.45) is 5.80. The number of hydrogen-bond acceptors (Lipinski definition) is 6. The van der Waals surface area contributed by atoms with Crippen molar-refractivity contribution in [1.29, 1.82) is 0 Å². The fourth-order valence-electron chi connectivity index (χ4n) is 9.07. The van der Waals surface area contributed by atoms with Crippen molar-refractivity contribution in [3.8, 4) is 0 Å². The molecule has 0 aromatic rings. The quantitative estimate of drug-likeness (QED) is 0.533. The van der Waals surface area contributed by atoms with E-state index in [0.29, 0.717) is 25.0 Å². The number of hydrogen-bond donors (Lipinski definition) is 1. The first kappa shape index (κ1) is 26.2. The van der Waals surface area contributed by atoms with E-state index in [0.717, 1.165) is 32.1 Å². The summed E-state index contributed by atoms with van der Waals surface area (Å²) in [5.41, 5.74) is -0.388. The lowest BCUT2D eigenvalue weighted by Gasteiger charge is -2.62. The first-order valence-corrected chi connectivity index (χ1v) is 13.5. The maximum absolute atomic E-state index is 13.8. The third kappa shape index (κ3) is 4.53. The van der Waals surface area contributed by atoms with E-state index in [2.05, 4.69) is 20.8 Å². The van der Waals surface area contributed by atoms with Crippen LogP contribution in [-0.4, -0.2) is 41.0 Å². The molecule has 0 amide bonds. The summed E-state index contributed by atoms with van der Waals surface area (Å²) in [6.45, 7) is 9.53. The topological polar surface area (TPSA) is 107 Å². The van der Waals surface area contributed by atoms with Crippen LogP contribution in [-0.2, 0) is 28.7 Å². The molecule has 4 fully saturated rings. The number of aliphatic carboxylic acids is 1. The van der Waals surface area contributed by atoms with Crippen LogP contribution in [0.5, 0.6) is 0 Å². The summed E-state index contributed by atoms with van der Waals surface area (Å²) in [7, 11) is 0. The lowest BCUT2D eigenvalue weighted by atomic mass is 9.43. The third-order valence-corrected chi connectivity index (χ3v) is 10.7. The minimum Gasteiger partial charge on any atom is -0.481 e. The number of fused-ring (bicyclic) bond motifs is 5. The second-order valence-corrected chi connectivity index (χ2v) is 12.4. The molecule has 1 N–H and O–H groups in total. The molecule has 0 heterocycles. The van der Waals surface area contributed by atoms with Crippen LogP contribution in [0.4, 0.5) is 0 Å². The van der Waals surface area contributed by atoms with Crippen LogP contribution < -0.4 is 0 Å². The van der Waals surface area contributed by atoms with Gasteiger partial charge in [0.25, 0.3) is 0 Å². The van der Waals surface area contributed by atoms with Gasteiger partial charge in [0.1, 0.15) is 18.0 Å². The molecule has 0 radical (unpaired) electrons. The van der Waals surface area contributed by atoms with Crippen molar-refractivity contribution < 1.29 is 33.8 Å². The average molecular weight is 491 g/mol. The molecule has 0 saturated heterocycles. The van der Waals surface area contributed by atoms with Crippen LogP contribution in [0.15, 0.2) is 0 Å². The standard InChI is InChI=1S/C28H42O7/c1-15(6-9-25(32)33)20-7-8-21-26-22(14-24(28(20,21)5)35-17(3)30)27(4)11-10-19(34-16(2)29)12-18(27)13-23(26)31/h15,18-22,24,26H,6-14H2,1-5H3,(H,32,33)/t15-,18-,19+,20+,21?,22?,24-,26?,27-,28+/m0/s1. The molecule has 0 aromatic carbocycles. The third-order valence-electron chi connectivity index (χ3n) is 10.7. The molecule has 4 aliphatic carbocycles. The first-order valence-electron chi connectivity index (χ1n) is 13.5. The highest BCUT2D eigenvalue weighted by molar-refractivity contribution is 5.83. The monoisotopic (exact) mass is 490 g/mol. The highest BCUT2D eigenvalue weighted by atomic mass is 16.5. The molecule has 4 saturated carbocycles. The zero-order valence-corrected chi connectivity index (χ0v) is 21.9. The Kier molecular flexibility index (Phi) is 7.11. The van der Waals surface area contributed by atoms with Gasteiger partial charge in [0.05, 0.1) is 0 Å². The van der Waals surface area contributed by atoms with Gasteiger partial charge in [-0.05, 0) is 80.0 Å². The van der Waals surface area contributed by atoms with Crippen molar-refractivity contribution in [1.82, 2.24) is 0 Å². The number of ether oxygens (including phenoxy) is 2. The zero-order chi connectivity index (χ0) is 25.7. The number of ketones is 1. The van der Waals surface area contributed by atoms with Crippen LogP contribution in [0.3, 0.4) is 0 Å². The lowest BCUT2D eigenvalue weighted by Crippen LogP contribution is -2.62. The Balaban J connectivity index is 1.65. The van der Waals surface area contributed by atoms with E-state index in [4.69, 9.17) is 9.47 Å². The van der Waals surface area contributed by atoms with Gasteiger partial charge in [-0.15, -0.1) is 0 Å². The van der Waals surface area contributed by atoms with Crippen molar-refractivity contribution in [2.24, 2.45) is 46.3 Å². The molecule has 196 valence electrons. The largest absolute Gasteiger partial charge is 0.481 e. The van der Waals surface area contributed by atoms with Gasteiger partial charge in [-0.2, -0.15) is 0 Å². The van der Waals surface area contributed by atoms with Crippen molar-refractivity contribution >= 4 is 23.7 Å². The number of carbonyl (C=O) groups excluding carboxylic acids is 3. The first-order chi connectivity index (χ1) is 16.4. The minimum absolute atomic E-state index is 0.0463. The SMILES string of the molecule is CC(=O)O[C@@H]1CC[C@]2(C)C3C[C@H](OC(C)=O)[C@@]4(C)C(CC[C@@H]4[C@@H](C)CCC(=O)O)C3C(=O)C[C@@H]2C1. The molecule has 0 aliphatic heterocycles. The molecule has 7 nitrogen and oxygen atoms in total. The van der Waals surface area contributed by atoms with Crippen molar-refractivity contribution in [3.05, 3.63) is 0 Å². The van der Waals surface area contributed by atoms with Crippen LogP contribution >= 0.6 is 0 Å². The Morgan fingerprint density at radius 2 is 1.71 bits per heavy atom. The summed E-state index contributed by atoms with van der Waals surface area (Å²) in [5, 5.41) is 9.23. The fourth-order valence-corrected chi connectivity index (χ4v) is 9.07. The predicted octanol–water partition coefficient (Wildman–Crippen LogP) is 4.80. The molecule has 0 bridgehead atoms. The molecular weight excluding hydrogens is 448 g/mol. The second-order valence-electron chi connectivity index (χ2n) is 12.4. The van der Waals surface area contributed by atoms with Crippen LogP contribution in [0.2, 0.25) is 0 Å². The Morgan fingerprint density at radius 3 is 2.34 bits per heavy atom. The van der Waals surface area contributed by atoms with E-state index in [9.17, 15) is 24.3 Å². The second kappa shape index (κ2) is 9.51. The van der Waals surface area contributed by atoms with E-state index in [1.807, 2.05) is 0 Å². The number of esters is 2. The van der Waals surface area contributed by atoms with Gasteiger partial charge in [-0.3, -0.25) is 19.2 Å². The van der Waals surface area contributed by atoms with Crippen LogP contribution in [0.25, 0.3) is 0 Å². The molecule has 0 aromatic heterocycles. The van der Waals surface area contributed by atoms with Gasteiger partial charge < -0.3 is 14.6 Å². The minimum atomic E-state index is -0.789. The van der Waals surface area contributed by atoms with Crippen molar-refractivity contribution in [3.63, 3.8) is 0 Å². The summed E-state index contributed by atoms with van der Waals surface area (Å²) in [4.78, 5) is 48.8. The van der Waals surface area contributed by atoms with E-state index in [-0.39, 0.29) is 76.9 Å².